The molecule has 1 saturated heterocycles. The van der Waals surface area contributed by atoms with E-state index >= 15 is 0 Å². The summed E-state index contributed by atoms with van der Waals surface area (Å²) in [6.45, 7) is 2.97. The molecule has 1 atom stereocenters. The van der Waals surface area contributed by atoms with E-state index in [-0.39, 0.29) is 12.1 Å². The molecule has 0 saturated carbocycles. The van der Waals surface area contributed by atoms with Crippen LogP contribution in [0.4, 0.5) is 4.79 Å². The number of ether oxygens (including phenoxy) is 1. The lowest BCUT2D eigenvalue weighted by Crippen LogP contribution is -2.39. The number of aromatic nitrogens is 3. The Morgan fingerprint density at radius 1 is 1.39 bits per heavy atom. The first kappa shape index (κ1) is 18.1. The lowest BCUT2D eigenvalue weighted by atomic mass is 10.1. The van der Waals surface area contributed by atoms with E-state index in [1.54, 1.807) is 18.0 Å². The highest BCUT2D eigenvalue weighted by Gasteiger charge is 2.32. The summed E-state index contributed by atoms with van der Waals surface area (Å²) >= 11 is 0. The van der Waals surface area contributed by atoms with Crippen LogP contribution >= 0.6 is 0 Å². The Morgan fingerprint density at radius 3 is 3.04 bits per heavy atom. The monoisotopic (exact) mass is 381 g/mol. The van der Waals surface area contributed by atoms with Crippen molar-refractivity contribution in [3.8, 4) is 11.4 Å². The normalized spacial score (nSPS) is 16.4. The van der Waals surface area contributed by atoms with E-state index in [1.807, 2.05) is 48.4 Å². The standard InChI is InChI=1S/C20H23N5O3/c1-14-10-16(23-28-14)17-7-5-9-24(17)20(26)21-11-15-12-22-25(13-15)18-6-3-4-8-19(18)27-2/h3-4,6,8,10,12-13,17H,5,7,9,11H2,1-2H3,(H,21,26). The molecule has 1 N–H and O–H groups in total. The van der Waals surface area contributed by atoms with Gasteiger partial charge in [0, 0.05) is 30.9 Å². The quantitative estimate of drug-likeness (QED) is 0.733. The average molecular weight is 381 g/mol. The van der Waals surface area contributed by atoms with Gasteiger partial charge in [-0.25, -0.2) is 9.48 Å². The lowest BCUT2D eigenvalue weighted by molar-refractivity contribution is 0.190. The van der Waals surface area contributed by atoms with Crippen molar-refractivity contribution in [2.24, 2.45) is 0 Å². The van der Waals surface area contributed by atoms with E-state index in [1.165, 1.54) is 0 Å². The zero-order chi connectivity index (χ0) is 19.5. The van der Waals surface area contributed by atoms with Gasteiger partial charge in [-0.2, -0.15) is 5.10 Å². The van der Waals surface area contributed by atoms with Crippen LogP contribution in [0.25, 0.3) is 5.69 Å². The molecule has 28 heavy (non-hydrogen) atoms. The minimum Gasteiger partial charge on any atom is -0.494 e. The van der Waals surface area contributed by atoms with E-state index in [4.69, 9.17) is 9.26 Å². The fourth-order valence-corrected chi connectivity index (χ4v) is 3.54. The van der Waals surface area contributed by atoms with Crippen molar-refractivity contribution >= 4 is 6.03 Å². The molecule has 0 spiro atoms. The van der Waals surface area contributed by atoms with Gasteiger partial charge in [0.05, 0.1) is 19.3 Å². The van der Waals surface area contributed by atoms with Crippen LogP contribution in [0.1, 0.15) is 35.9 Å². The molecule has 1 fully saturated rings. The maximum Gasteiger partial charge on any atom is 0.318 e. The summed E-state index contributed by atoms with van der Waals surface area (Å²) in [5, 5.41) is 11.5. The number of carbonyl (C=O) groups excluding carboxylic acids is 1. The summed E-state index contributed by atoms with van der Waals surface area (Å²) in [4.78, 5) is 14.5. The van der Waals surface area contributed by atoms with Crippen molar-refractivity contribution in [2.45, 2.75) is 32.4 Å². The highest BCUT2D eigenvalue weighted by Crippen LogP contribution is 2.31. The first-order valence-corrected chi connectivity index (χ1v) is 9.30. The lowest BCUT2D eigenvalue weighted by Gasteiger charge is -2.23. The van der Waals surface area contributed by atoms with Gasteiger partial charge in [0.1, 0.15) is 22.9 Å². The Bertz CT molecular complexity index is 964. The van der Waals surface area contributed by atoms with Crippen LogP contribution in [0.2, 0.25) is 0 Å². The molecule has 0 aliphatic carbocycles. The second-order valence-corrected chi connectivity index (χ2v) is 6.84. The molecule has 4 rings (SSSR count). The molecule has 1 aliphatic heterocycles. The van der Waals surface area contributed by atoms with Crippen molar-refractivity contribution in [1.29, 1.82) is 0 Å². The number of methoxy groups -OCH3 is 1. The first-order valence-electron chi connectivity index (χ1n) is 9.30. The fourth-order valence-electron chi connectivity index (χ4n) is 3.54. The van der Waals surface area contributed by atoms with Crippen molar-refractivity contribution in [3.05, 3.63) is 59.7 Å². The van der Waals surface area contributed by atoms with Crippen LogP contribution in [0.3, 0.4) is 0 Å². The molecule has 2 amide bonds. The molecule has 146 valence electrons. The number of hydrogen-bond donors (Lipinski definition) is 1. The topological polar surface area (TPSA) is 85.4 Å². The minimum absolute atomic E-state index is 0.0336. The fraction of sp³-hybridized carbons (Fsp3) is 0.350. The Hall–Kier alpha value is -3.29. The third-order valence-electron chi connectivity index (χ3n) is 4.91. The molecule has 1 unspecified atom stereocenters. The highest BCUT2D eigenvalue weighted by atomic mass is 16.5. The molecule has 0 radical (unpaired) electrons. The molecule has 1 aliphatic rings. The molecule has 8 heteroatoms. The van der Waals surface area contributed by atoms with E-state index in [0.717, 1.165) is 41.3 Å². The van der Waals surface area contributed by atoms with E-state index in [2.05, 4.69) is 15.6 Å². The number of likely N-dealkylation sites (tertiary alicyclic amines) is 1. The number of amides is 2. The van der Waals surface area contributed by atoms with Crippen LogP contribution in [0.15, 0.2) is 47.2 Å². The smallest absolute Gasteiger partial charge is 0.318 e. The second-order valence-electron chi connectivity index (χ2n) is 6.84. The van der Waals surface area contributed by atoms with Crippen molar-refractivity contribution in [3.63, 3.8) is 0 Å². The summed E-state index contributed by atoms with van der Waals surface area (Å²) in [7, 11) is 1.63. The number of carbonyl (C=O) groups is 1. The summed E-state index contributed by atoms with van der Waals surface area (Å²) in [6.07, 6.45) is 5.48. The molecule has 0 bridgehead atoms. The molecular formula is C20H23N5O3. The predicted octanol–water partition coefficient (Wildman–Crippen LogP) is 3.22. The van der Waals surface area contributed by atoms with Gasteiger partial charge < -0.3 is 19.5 Å². The summed E-state index contributed by atoms with van der Waals surface area (Å²) in [5.74, 6) is 1.50. The third kappa shape index (κ3) is 3.58. The van der Waals surface area contributed by atoms with Gasteiger partial charge in [-0.05, 0) is 31.9 Å². The second kappa shape index (κ2) is 7.75. The van der Waals surface area contributed by atoms with Gasteiger partial charge in [0.15, 0.2) is 0 Å². The van der Waals surface area contributed by atoms with Gasteiger partial charge >= 0.3 is 6.03 Å². The van der Waals surface area contributed by atoms with Gasteiger partial charge in [-0.15, -0.1) is 0 Å². The first-order chi connectivity index (χ1) is 13.7. The SMILES string of the molecule is COc1ccccc1-n1cc(CNC(=O)N2CCCC2c2cc(C)on2)cn1. The van der Waals surface area contributed by atoms with Crippen molar-refractivity contribution < 1.29 is 14.1 Å². The Labute approximate surface area is 163 Å². The van der Waals surface area contributed by atoms with E-state index < -0.39 is 0 Å². The average Bonchev–Trinajstić information content (AvgIpc) is 3.46. The van der Waals surface area contributed by atoms with E-state index in [9.17, 15) is 4.79 Å². The zero-order valence-electron chi connectivity index (χ0n) is 16.0. The van der Waals surface area contributed by atoms with Crippen molar-refractivity contribution in [1.82, 2.24) is 25.2 Å². The Morgan fingerprint density at radius 2 is 2.25 bits per heavy atom. The Kier molecular flexibility index (Phi) is 5.01. The molecule has 2 aromatic heterocycles. The largest absolute Gasteiger partial charge is 0.494 e. The summed E-state index contributed by atoms with van der Waals surface area (Å²) < 4.78 is 12.3. The molecular weight excluding hydrogens is 358 g/mol. The number of hydrogen-bond acceptors (Lipinski definition) is 5. The Balaban J connectivity index is 1.41. The third-order valence-corrected chi connectivity index (χ3v) is 4.91. The van der Waals surface area contributed by atoms with Crippen LogP contribution in [-0.2, 0) is 6.54 Å². The molecule has 3 heterocycles. The predicted molar refractivity (Wildman–Crippen MR) is 102 cm³/mol. The number of benzene rings is 1. The maximum atomic E-state index is 12.7. The van der Waals surface area contributed by atoms with Gasteiger partial charge in [-0.1, -0.05) is 17.3 Å². The molecule has 1 aromatic carbocycles. The van der Waals surface area contributed by atoms with Crippen LogP contribution in [0.5, 0.6) is 5.75 Å². The summed E-state index contributed by atoms with van der Waals surface area (Å²) in [6, 6.07) is 9.42. The zero-order valence-corrected chi connectivity index (χ0v) is 16.0. The number of para-hydroxylation sites is 2. The minimum atomic E-state index is -0.104. The number of urea groups is 1. The molecule has 8 nitrogen and oxygen atoms in total. The maximum absolute atomic E-state index is 12.7. The van der Waals surface area contributed by atoms with Crippen LogP contribution < -0.4 is 10.1 Å². The molecule has 3 aromatic rings. The van der Waals surface area contributed by atoms with Crippen molar-refractivity contribution in [2.75, 3.05) is 13.7 Å². The number of aryl methyl sites for hydroxylation is 1. The van der Waals surface area contributed by atoms with Gasteiger partial charge in [-0.3, -0.25) is 0 Å². The van der Waals surface area contributed by atoms with Gasteiger partial charge in [0.25, 0.3) is 0 Å². The van der Waals surface area contributed by atoms with Gasteiger partial charge in [0.2, 0.25) is 0 Å². The number of nitrogens with one attached hydrogen (secondary N) is 1. The highest BCUT2D eigenvalue weighted by molar-refractivity contribution is 5.75. The van der Waals surface area contributed by atoms with Crippen LogP contribution in [0, 0.1) is 6.92 Å². The number of rotatable bonds is 5. The van der Waals surface area contributed by atoms with Crippen LogP contribution in [-0.4, -0.2) is 39.5 Å². The van der Waals surface area contributed by atoms with E-state index in [0.29, 0.717) is 13.1 Å². The summed E-state index contributed by atoms with van der Waals surface area (Å²) in [5.41, 5.74) is 2.57. The number of nitrogens with zero attached hydrogens (tertiary/aromatic N) is 4.